The van der Waals surface area contributed by atoms with Gasteiger partial charge in [0.1, 0.15) is 0 Å². The first-order chi connectivity index (χ1) is 9.22. The Morgan fingerprint density at radius 2 is 2.00 bits per heavy atom. The minimum absolute atomic E-state index is 0.545. The highest BCUT2D eigenvalue weighted by atomic mass is 15.1. The summed E-state index contributed by atoms with van der Waals surface area (Å²) in [6.07, 6.45) is 5.07. The lowest BCUT2D eigenvalue weighted by atomic mass is 9.86. The quantitative estimate of drug-likeness (QED) is 0.874. The molecule has 2 atom stereocenters. The lowest BCUT2D eigenvalue weighted by Crippen LogP contribution is -2.38. The van der Waals surface area contributed by atoms with Crippen molar-refractivity contribution in [3.63, 3.8) is 0 Å². The van der Waals surface area contributed by atoms with Crippen molar-refractivity contribution in [1.82, 2.24) is 10.2 Å². The van der Waals surface area contributed by atoms with Gasteiger partial charge in [-0.2, -0.15) is 0 Å². The van der Waals surface area contributed by atoms with Gasteiger partial charge in [-0.1, -0.05) is 37.6 Å². The molecule has 0 aliphatic carbocycles. The molecule has 1 aliphatic heterocycles. The van der Waals surface area contributed by atoms with Crippen LogP contribution >= 0.6 is 0 Å². The normalized spacial score (nSPS) is 21.6. The zero-order chi connectivity index (χ0) is 13.7. The molecule has 0 spiro atoms. The monoisotopic (exact) mass is 260 g/mol. The van der Waals surface area contributed by atoms with Gasteiger partial charge in [0.2, 0.25) is 0 Å². The third-order valence-corrected chi connectivity index (χ3v) is 4.20. The Morgan fingerprint density at radius 1 is 1.26 bits per heavy atom. The Balaban J connectivity index is 2.13. The van der Waals surface area contributed by atoms with Crippen LogP contribution in [-0.2, 0) is 6.42 Å². The molecule has 1 saturated heterocycles. The second kappa shape index (κ2) is 7.06. The molecule has 19 heavy (non-hydrogen) atoms. The molecule has 0 radical (unpaired) electrons. The maximum Gasteiger partial charge on any atom is 0.0382 e. The Morgan fingerprint density at radius 3 is 2.53 bits per heavy atom. The third-order valence-electron chi connectivity index (χ3n) is 4.20. The largest absolute Gasteiger partial charge is 0.316 e. The fourth-order valence-corrected chi connectivity index (χ4v) is 3.31. The van der Waals surface area contributed by atoms with Gasteiger partial charge in [0, 0.05) is 6.04 Å². The Hall–Kier alpha value is -0.860. The summed E-state index contributed by atoms with van der Waals surface area (Å²) in [5, 5.41) is 3.54. The fraction of sp³-hybridized carbons (Fsp3) is 0.647. The molecule has 106 valence electrons. The molecule has 1 N–H and O–H groups in total. The summed E-state index contributed by atoms with van der Waals surface area (Å²) in [7, 11) is 4.42. The Bertz CT molecular complexity index is 363. The second-order valence-electron chi connectivity index (χ2n) is 6.01. The van der Waals surface area contributed by atoms with E-state index in [2.05, 4.69) is 55.5 Å². The highest BCUT2D eigenvalue weighted by molar-refractivity contribution is 5.26. The summed E-state index contributed by atoms with van der Waals surface area (Å²) in [5.74, 6) is 0.737. The van der Waals surface area contributed by atoms with E-state index < -0.39 is 0 Å². The molecule has 0 bridgehead atoms. The predicted octanol–water partition coefficient (Wildman–Crippen LogP) is 3.24. The van der Waals surface area contributed by atoms with E-state index in [9.17, 15) is 0 Å². The van der Waals surface area contributed by atoms with E-state index in [1.807, 2.05) is 0 Å². The second-order valence-corrected chi connectivity index (χ2v) is 6.01. The zero-order valence-electron chi connectivity index (χ0n) is 12.7. The summed E-state index contributed by atoms with van der Waals surface area (Å²) >= 11 is 0. The lowest BCUT2D eigenvalue weighted by molar-refractivity contribution is 0.181. The van der Waals surface area contributed by atoms with E-state index >= 15 is 0 Å². The van der Waals surface area contributed by atoms with Gasteiger partial charge in [0.05, 0.1) is 0 Å². The van der Waals surface area contributed by atoms with E-state index in [1.165, 1.54) is 43.4 Å². The van der Waals surface area contributed by atoms with Crippen molar-refractivity contribution < 1.29 is 0 Å². The number of hydrogen-bond acceptors (Lipinski definition) is 2. The van der Waals surface area contributed by atoms with Gasteiger partial charge in [0.15, 0.2) is 0 Å². The van der Waals surface area contributed by atoms with Crippen LogP contribution in [-0.4, -0.2) is 32.1 Å². The number of rotatable bonds is 5. The van der Waals surface area contributed by atoms with Crippen molar-refractivity contribution in [3.8, 4) is 0 Å². The molecule has 0 saturated carbocycles. The van der Waals surface area contributed by atoms with Gasteiger partial charge in [0.25, 0.3) is 0 Å². The van der Waals surface area contributed by atoms with E-state index in [0.717, 1.165) is 12.5 Å². The van der Waals surface area contributed by atoms with E-state index in [4.69, 9.17) is 0 Å². The van der Waals surface area contributed by atoms with Crippen LogP contribution in [0.3, 0.4) is 0 Å². The van der Waals surface area contributed by atoms with E-state index in [0.29, 0.717) is 6.04 Å². The molecule has 2 heteroatoms. The molecular formula is C17H28N2. The number of benzene rings is 1. The van der Waals surface area contributed by atoms with Crippen LogP contribution in [0.2, 0.25) is 0 Å². The smallest absolute Gasteiger partial charge is 0.0382 e. The molecule has 1 aromatic rings. The number of hydrogen-bond donors (Lipinski definition) is 1. The topological polar surface area (TPSA) is 15.3 Å². The van der Waals surface area contributed by atoms with Crippen molar-refractivity contribution in [2.45, 2.75) is 38.6 Å². The number of piperidine rings is 1. The predicted molar refractivity (Wildman–Crippen MR) is 82.5 cm³/mol. The number of nitrogens with zero attached hydrogens (tertiary/aromatic N) is 1. The SMILES string of the molecule is CCCc1ccc(C(C2CCCNC2)N(C)C)cc1. The summed E-state index contributed by atoms with van der Waals surface area (Å²) in [4.78, 5) is 2.38. The van der Waals surface area contributed by atoms with E-state index in [1.54, 1.807) is 0 Å². The van der Waals surface area contributed by atoms with Crippen LogP contribution in [0.1, 0.15) is 43.4 Å². The first kappa shape index (κ1) is 14.5. The summed E-state index contributed by atoms with van der Waals surface area (Å²) < 4.78 is 0. The van der Waals surface area contributed by atoms with Gasteiger partial charge in [-0.3, -0.25) is 0 Å². The highest BCUT2D eigenvalue weighted by Gasteiger charge is 2.26. The van der Waals surface area contributed by atoms with Crippen molar-refractivity contribution in [3.05, 3.63) is 35.4 Å². The molecule has 1 aromatic carbocycles. The fourth-order valence-electron chi connectivity index (χ4n) is 3.31. The minimum Gasteiger partial charge on any atom is -0.316 e. The van der Waals surface area contributed by atoms with Gasteiger partial charge >= 0.3 is 0 Å². The molecule has 2 rings (SSSR count). The van der Waals surface area contributed by atoms with Crippen molar-refractivity contribution in [1.29, 1.82) is 0 Å². The standard InChI is InChI=1S/C17H28N2/c1-4-6-14-8-10-15(11-9-14)17(19(2)3)16-7-5-12-18-13-16/h8-11,16-18H,4-7,12-13H2,1-3H3. The summed E-state index contributed by atoms with van der Waals surface area (Å²) in [6, 6.07) is 9.84. The van der Waals surface area contributed by atoms with Gasteiger partial charge < -0.3 is 10.2 Å². The molecule has 1 aliphatic rings. The summed E-state index contributed by atoms with van der Waals surface area (Å²) in [5.41, 5.74) is 2.93. The zero-order valence-corrected chi connectivity index (χ0v) is 12.7. The van der Waals surface area contributed by atoms with Crippen molar-refractivity contribution in [2.75, 3.05) is 27.2 Å². The van der Waals surface area contributed by atoms with Crippen molar-refractivity contribution >= 4 is 0 Å². The third kappa shape index (κ3) is 3.80. The number of aryl methyl sites for hydroxylation is 1. The Labute approximate surface area is 118 Å². The van der Waals surface area contributed by atoms with Crippen LogP contribution in [0, 0.1) is 5.92 Å². The van der Waals surface area contributed by atoms with Crippen LogP contribution < -0.4 is 5.32 Å². The van der Waals surface area contributed by atoms with Gasteiger partial charge in [-0.05, 0) is 63.5 Å². The van der Waals surface area contributed by atoms with Crippen LogP contribution in [0.4, 0.5) is 0 Å². The minimum atomic E-state index is 0.545. The van der Waals surface area contributed by atoms with Gasteiger partial charge in [-0.25, -0.2) is 0 Å². The Kier molecular flexibility index (Phi) is 5.41. The molecule has 0 aromatic heterocycles. The highest BCUT2D eigenvalue weighted by Crippen LogP contribution is 2.31. The number of nitrogens with one attached hydrogen (secondary N) is 1. The maximum absolute atomic E-state index is 3.54. The molecule has 1 fully saturated rings. The average molecular weight is 260 g/mol. The molecule has 2 unspecified atom stereocenters. The summed E-state index contributed by atoms with van der Waals surface area (Å²) in [6.45, 7) is 4.58. The average Bonchev–Trinajstić information content (AvgIpc) is 2.42. The van der Waals surface area contributed by atoms with Gasteiger partial charge in [-0.15, -0.1) is 0 Å². The molecular weight excluding hydrogens is 232 g/mol. The molecule has 1 heterocycles. The van der Waals surface area contributed by atoms with Crippen LogP contribution in [0.25, 0.3) is 0 Å². The first-order valence-electron chi connectivity index (χ1n) is 7.68. The maximum atomic E-state index is 3.54. The van der Waals surface area contributed by atoms with E-state index in [-0.39, 0.29) is 0 Å². The van der Waals surface area contributed by atoms with Crippen LogP contribution in [0.5, 0.6) is 0 Å². The molecule has 2 nitrogen and oxygen atoms in total. The van der Waals surface area contributed by atoms with Crippen LogP contribution in [0.15, 0.2) is 24.3 Å². The first-order valence-corrected chi connectivity index (χ1v) is 7.68. The molecule has 0 amide bonds. The van der Waals surface area contributed by atoms with Crippen molar-refractivity contribution in [2.24, 2.45) is 5.92 Å². The lowest BCUT2D eigenvalue weighted by Gasteiger charge is -2.35.